The molecule has 0 aliphatic rings. The van der Waals surface area contributed by atoms with E-state index in [1.54, 1.807) is 20.8 Å². The lowest BCUT2D eigenvalue weighted by Crippen LogP contribution is -2.32. The van der Waals surface area contributed by atoms with Crippen molar-refractivity contribution in [1.82, 2.24) is 5.32 Å². The topological polar surface area (TPSA) is 81.5 Å². The molecule has 0 aromatic heterocycles. The van der Waals surface area contributed by atoms with Crippen LogP contribution in [0.15, 0.2) is 12.1 Å². The fraction of sp³-hybridized carbons (Fsp3) is 0.462. The van der Waals surface area contributed by atoms with E-state index in [9.17, 15) is 19.3 Å². The van der Waals surface area contributed by atoms with Gasteiger partial charge in [0.1, 0.15) is 11.4 Å². The summed E-state index contributed by atoms with van der Waals surface area (Å²) in [7, 11) is 0. The first kappa shape index (κ1) is 15.9. The van der Waals surface area contributed by atoms with Gasteiger partial charge in [0.15, 0.2) is 0 Å². The molecule has 1 aromatic carbocycles. The van der Waals surface area contributed by atoms with Crippen LogP contribution in [-0.2, 0) is 11.3 Å². The zero-order valence-electron chi connectivity index (χ0n) is 11.8. The minimum atomic E-state index is -0.719. The predicted octanol–water partition coefficient (Wildman–Crippen LogP) is 3.07. The van der Waals surface area contributed by atoms with E-state index >= 15 is 0 Å². The van der Waals surface area contributed by atoms with E-state index in [0.29, 0.717) is 11.1 Å². The number of nitro benzene ring substituents is 1. The summed E-state index contributed by atoms with van der Waals surface area (Å²) in [6.45, 7) is 6.60. The molecule has 0 radical (unpaired) electrons. The molecule has 0 heterocycles. The summed E-state index contributed by atoms with van der Waals surface area (Å²) in [6, 6.07) is 2.01. The van der Waals surface area contributed by atoms with Crippen molar-refractivity contribution in [2.45, 2.75) is 39.8 Å². The van der Waals surface area contributed by atoms with Gasteiger partial charge < -0.3 is 10.1 Å². The number of carbonyl (C=O) groups is 1. The molecule has 0 bridgehead atoms. The molecule has 0 aliphatic carbocycles. The number of nitrogens with one attached hydrogen (secondary N) is 1. The summed E-state index contributed by atoms with van der Waals surface area (Å²) in [6.07, 6.45) is -0.663. The number of hydrogen-bond acceptors (Lipinski definition) is 4. The van der Waals surface area contributed by atoms with E-state index in [4.69, 9.17) is 4.74 Å². The average molecular weight is 284 g/mol. The maximum atomic E-state index is 13.3. The van der Waals surface area contributed by atoms with Gasteiger partial charge in [-0.05, 0) is 39.3 Å². The molecule has 1 amide bonds. The molecule has 1 aromatic rings. The van der Waals surface area contributed by atoms with Crippen LogP contribution in [-0.4, -0.2) is 16.6 Å². The van der Waals surface area contributed by atoms with Crippen molar-refractivity contribution in [2.75, 3.05) is 0 Å². The summed E-state index contributed by atoms with van der Waals surface area (Å²) in [5.74, 6) is -0.719. The minimum Gasteiger partial charge on any atom is -0.444 e. The summed E-state index contributed by atoms with van der Waals surface area (Å²) in [5, 5.41) is 13.2. The standard InChI is InChI=1S/C13H17FN2O4/c1-8-9(5-10(14)6-11(8)16(18)19)7-15-12(17)20-13(2,3)4/h5-6H,7H2,1-4H3,(H,15,17). The molecular formula is C13H17FN2O4. The van der Waals surface area contributed by atoms with Crippen LogP contribution in [0.3, 0.4) is 0 Å². The molecule has 20 heavy (non-hydrogen) atoms. The quantitative estimate of drug-likeness (QED) is 0.683. The molecule has 0 saturated heterocycles. The zero-order valence-corrected chi connectivity index (χ0v) is 11.8. The van der Waals surface area contributed by atoms with Gasteiger partial charge in [-0.15, -0.1) is 0 Å². The molecule has 0 saturated carbocycles. The number of nitro groups is 1. The molecule has 110 valence electrons. The normalized spacial score (nSPS) is 11.1. The third kappa shape index (κ3) is 4.49. The number of rotatable bonds is 3. The SMILES string of the molecule is Cc1c(CNC(=O)OC(C)(C)C)cc(F)cc1[N+](=O)[O-]. The van der Waals surface area contributed by atoms with Gasteiger partial charge in [0, 0.05) is 12.1 Å². The van der Waals surface area contributed by atoms with Crippen LogP contribution in [0.25, 0.3) is 0 Å². The van der Waals surface area contributed by atoms with Gasteiger partial charge in [0.25, 0.3) is 5.69 Å². The first-order chi connectivity index (χ1) is 9.10. The summed E-state index contributed by atoms with van der Waals surface area (Å²) in [4.78, 5) is 21.6. The van der Waals surface area contributed by atoms with Gasteiger partial charge in [-0.3, -0.25) is 10.1 Å². The van der Waals surface area contributed by atoms with Crippen LogP contribution in [0.2, 0.25) is 0 Å². The Morgan fingerprint density at radius 1 is 1.45 bits per heavy atom. The fourth-order valence-corrected chi connectivity index (χ4v) is 1.57. The van der Waals surface area contributed by atoms with Gasteiger partial charge >= 0.3 is 6.09 Å². The zero-order chi connectivity index (χ0) is 15.5. The molecule has 1 rings (SSSR count). The Morgan fingerprint density at radius 2 is 2.05 bits per heavy atom. The second kappa shape index (κ2) is 5.85. The van der Waals surface area contributed by atoms with E-state index in [2.05, 4.69) is 5.32 Å². The lowest BCUT2D eigenvalue weighted by molar-refractivity contribution is -0.385. The lowest BCUT2D eigenvalue weighted by atomic mass is 10.1. The van der Waals surface area contributed by atoms with E-state index < -0.39 is 22.4 Å². The number of ether oxygens (including phenoxy) is 1. The van der Waals surface area contributed by atoms with Crippen LogP contribution in [0.5, 0.6) is 0 Å². The Kier molecular flexibility index (Phi) is 4.65. The molecule has 0 fully saturated rings. The fourth-order valence-electron chi connectivity index (χ4n) is 1.57. The number of carbonyl (C=O) groups excluding carboxylic acids is 1. The molecule has 0 aliphatic heterocycles. The van der Waals surface area contributed by atoms with E-state index in [1.165, 1.54) is 6.92 Å². The molecule has 0 atom stereocenters. The van der Waals surface area contributed by atoms with Crippen molar-refractivity contribution in [3.63, 3.8) is 0 Å². The van der Waals surface area contributed by atoms with Crippen molar-refractivity contribution in [3.05, 3.63) is 39.2 Å². The minimum absolute atomic E-state index is 0.0423. The maximum absolute atomic E-state index is 13.3. The van der Waals surface area contributed by atoms with Crippen LogP contribution in [0.1, 0.15) is 31.9 Å². The van der Waals surface area contributed by atoms with Gasteiger partial charge in [-0.25, -0.2) is 9.18 Å². The van der Waals surface area contributed by atoms with Crippen LogP contribution in [0.4, 0.5) is 14.9 Å². The third-order valence-electron chi connectivity index (χ3n) is 2.47. The maximum Gasteiger partial charge on any atom is 0.407 e. The highest BCUT2D eigenvalue weighted by Crippen LogP contribution is 2.23. The highest BCUT2D eigenvalue weighted by atomic mass is 19.1. The highest BCUT2D eigenvalue weighted by Gasteiger charge is 2.19. The van der Waals surface area contributed by atoms with Crippen molar-refractivity contribution in [1.29, 1.82) is 0 Å². The molecule has 7 heteroatoms. The van der Waals surface area contributed by atoms with Crippen molar-refractivity contribution < 1.29 is 18.8 Å². The van der Waals surface area contributed by atoms with Crippen molar-refractivity contribution in [3.8, 4) is 0 Å². The second-order valence-corrected chi connectivity index (χ2v) is 5.32. The Balaban J connectivity index is 2.83. The molecule has 0 unspecified atom stereocenters. The number of hydrogen-bond donors (Lipinski definition) is 1. The number of halogens is 1. The number of benzene rings is 1. The monoisotopic (exact) mass is 284 g/mol. The number of nitrogens with zero attached hydrogens (tertiary/aromatic N) is 1. The predicted molar refractivity (Wildman–Crippen MR) is 70.9 cm³/mol. The second-order valence-electron chi connectivity index (χ2n) is 5.32. The van der Waals surface area contributed by atoms with Gasteiger partial charge in [0.2, 0.25) is 0 Å². The van der Waals surface area contributed by atoms with E-state index in [0.717, 1.165) is 12.1 Å². The Labute approximate surface area is 116 Å². The summed E-state index contributed by atoms with van der Waals surface area (Å²) >= 11 is 0. The number of alkyl carbamates (subject to hydrolysis) is 1. The summed E-state index contributed by atoms with van der Waals surface area (Å²) in [5.41, 5.74) is -0.312. The third-order valence-corrected chi connectivity index (χ3v) is 2.47. The molecule has 6 nitrogen and oxygen atoms in total. The van der Waals surface area contributed by atoms with E-state index in [-0.39, 0.29) is 12.2 Å². The largest absolute Gasteiger partial charge is 0.444 e. The Morgan fingerprint density at radius 3 is 2.55 bits per heavy atom. The molecule has 1 N–H and O–H groups in total. The average Bonchev–Trinajstić information content (AvgIpc) is 2.27. The van der Waals surface area contributed by atoms with Crippen LogP contribution < -0.4 is 5.32 Å². The van der Waals surface area contributed by atoms with Crippen LogP contribution >= 0.6 is 0 Å². The smallest absolute Gasteiger partial charge is 0.407 e. The number of amides is 1. The van der Waals surface area contributed by atoms with E-state index in [1.807, 2.05) is 0 Å². The van der Waals surface area contributed by atoms with Crippen molar-refractivity contribution in [2.24, 2.45) is 0 Å². The lowest BCUT2D eigenvalue weighted by Gasteiger charge is -2.19. The van der Waals surface area contributed by atoms with Gasteiger partial charge in [-0.2, -0.15) is 0 Å². The first-order valence-corrected chi connectivity index (χ1v) is 6.00. The van der Waals surface area contributed by atoms with Crippen molar-refractivity contribution >= 4 is 11.8 Å². The highest BCUT2D eigenvalue weighted by molar-refractivity contribution is 5.67. The van der Waals surface area contributed by atoms with Gasteiger partial charge in [-0.1, -0.05) is 0 Å². The Hall–Kier alpha value is -2.18. The Bertz CT molecular complexity index is 538. The molecule has 0 spiro atoms. The van der Waals surface area contributed by atoms with Gasteiger partial charge in [0.05, 0.1) is 11.0 Å². The first-order valence-electron chi connectivity index (χ1n) is 6.00. The van der Waals surface area contributed by atoms with Crippen LogP contribution in [0, 0.1) is 22.9 Å². The summed E-state index contributed by atoms with van der Waals surface area (Å²) < 4.78 is 18.3. The molecular weight excluding hydrogens is 267 g/mol.